The maximum atomic E-state index is 4.12. The summed E-state index contributed by atoms with van der Waals surface area (Å²) in [6.07, 6.45) is 8.80. The molecular weight excluding hydrogens is 148 g/mol. The molecule has 2 heteroatoms. The number of nitrogens with one attached hydrogen (secondary N) is 1. The Labute approximate surface area is 75.5 Å². The second-order valence-electron chi connectivity index (χ2n) is 3.67. The fourth-order valence-electron chi connectivity index (χ4n) is 2.01. The summed E-state index contributed by atoms with van der Waals surface area (Å²) in [7, 11) is 3.94. The van der Waals surface area contributed by atoms with Crippen molar-refractivity contribution in [2.45, 2.75) is 38.1 Å². The lowest BCUT2D eigenvalue weighted by molar-refractivity contribution is 0.472. The van der Waals surface area contributed by atoms with Crippen LogP contribution >= 0.6 is 0 Å². The molecule has 0 amide bonds. The zero-order valence-electron chi connectivity index (χ0n) is 8.21. The highest BCUT2D eigenvalue weighted by Crippen LogP contribution is 2.21. The van der Waals surface area contributed by atoms with Crippen molar-refractivity contribution in [1.82, 2.24) is 5.32 Å². The molecule has 1 saturated carbocycles. The van der Waals surface area contributed by atoms with Gasteiger partial charge in [-0.25, -0.2) is 0 Å². The van der Waals surface area contributed by atoms with E-state index in [2.05, 4.69) is 23.6 Å². The van der Waals surface area contributed by atoms with Crippen LogP contribution in [-0.4, -0.2) is 26.4 Å². The van der Waals surface area contributed by atoms with Gasteiger partial charge >= 0.3 is 0 Å². The van der Waals surface area contributed by atoms with Gasteiger partial charge in [0, 0.05) is 19.3 Å². The normalized spacial score (nSPS) is 32.2. The van der Waals surface area contributed by atoms with Crippen molar-refractivity contribution >= 4 is 6.21 Å². The second kappa shape index (κ2) is 5.31. The van der Waals surface area contributed by atoms with Crippen LogP contribution in [0.1, 0.15) is 32.1 Å². The second-order valence-corrected chi connectivity index (χ2v) is 3.67. The number of hydrogen-bond acceptors (Lipinski definition) is 2. The van der Waals surface area contributed by atoms with Gasteiger partial charge < -0.3 is 10.3 Å². The lowest BCUT2D eigenvalue weighted by atomic mass is 9.99. The van der Waals surface area contributed by atoms with Crippen LogP contribution in [0, 0.1) is 5.92 Å². The quantitative estimate of drug-likeness (QED) is 0.494. The van der Waals surface area contributed by atoms with Crippen molar-refractivity contribution in [3.05, 3.63) is 0 Å². The van der Waals surface area contributed by atoms with Crippen molar-refractivity contribution in [2.24, 2.45) is 10.9 Å². The van der Waals surface area contributed by atoms with Crippen molar-refractivity contribution in [2.75, 3.05) is 14.1 Å². The molecule has 1 fully saturated rings. The van der Waals surface area contributed by atoms with Gasteiger partial charge in [0.15, 0.2) is 0 Å². The van der Waals surface area contributed by atoms with E-state index in [0.29, 0.717) is 0 Å². The van der Waals surface area contributed by atoms with Gasteiger partial charge in [-0.15, -0.1) is 0 Å². The van der Waals surface area contributed by atoms with Gasteiger partial charge in [-0.3, -0.25) is 0 Å². The molecular formula is C10H20N2. The molecule has 0 aromatic rings. The maximum Gasteiger partial charge on any atom is 0.0273 e. The Morgan fingerprint density at radius 1 is 1.33 bits per heavy atom. The molecule has 2 nitrogen and oxygen atoms in total. The third-order valence-corrected chi connectivity index (χ3v) is 2.73. The number of hydrogen-bond donors (Lipinski definition) is 1. The molecule has 1 aliphatic carbocycles. The van der Waals surface area contributed by atoms with E-state index in [1.165, 1.54) is 32.1 Å². The van der Waals surface area contributed by atoms with Crippen molar-refractivity contribution in [3.63, 3.8) is 0 Å². The van der Waals surface area contributed by atoms with Crippen LogP contribution in [0.25, 0.3) is 0 Å². The van der Waals surface area contributed by atoms with Gasteiger partial charge in [0.25, 0.3) is 0 Å². The Balaban J connectivity index is 2.41. The summed E-state index contributed by atoms with van der Waals surface area (Å²) in [5.74, 6) is 0.718. The van der Waals surface area contributed by atoms with Gasteiger partial charge in [0.05, 0.1) is 0 Å². The lowest BCUT2D eigenvalue weighted by Crippen LogP contribution is -2.26. The average molecular weight is 168 g/mol. The molecule has 1 N–H and O–H groups in total. The first-order chi connectivity index (χ1) is 5.86. The summed E-state index contributed by atoms with van der Waals surface area (Å²) in [6, 6.07) is 0.718. The minimum atomic E-state index is 0.718. The summed E-state index contributed by atoms with van der Waals surface area (Å²) >= 11 is 0. The summed E-state index contributed by atoms with van der Waals surface area (Å²) < 4.78 is 0. The first-order valence-corrected chi connectivity index (χ1v) is 4.96. The fourth-order valence-corrected chi connectivity index (χ4v) is 2.01. The predicted molar refractivity (Wildman–Crippen MR) is 53.8 cm³/mol. The summed E-state index contributed by atoms with van der Waals surface area (Å²) in [6.45, 7) is 0. The van der Waals surface area contributed by atoms with E-state index < -0.39 is 0 Å². The van der Waals surface area contributed by atoms with Gasteiger partial charge in [-0.1, -0.05) is 12.8 Å². The summed E-state index contributed by atoms with van der Waals surface area (Å²) in [5, 5.41) is 3.37. The molecule has 12 heavy (non-hydrogen) atoms. The molecule has 1 aliphatic rings. The highest BCUT2D eigenvalue weighted by molar-refractivity contribution is 5.60. The van der Waals surface area contributed by atoms with E-state index in [9.17, 15) is 0 Å². The van der Waals surface area contributed by atoms with E-state index in [1.54, 1.807) is 0 Å². The molecule has 2 unspecified atom stereocenters. The molecule has 0 aromatic carbocycles. The molecule has 0 aliphatic heterocycles. The molecule has 70 valence electrons. The number of nitrogens with zero attached hydrogens (tertiary/aromatic N) is 1. The van der Waals surface area contributed by atoms with E-state index in [1.807, 2.05) is 7.05 Å². The number of aliphatic imine (C=N–C) groups is 1. The van der Waals surface area contributed by atoms with Crippen LogP contribution in [0.5, 0.6) is 0 Å². The average Bonchev–Trinajstić information content (AvgIpc) is 2.30. The van der Waals surface area contributed by atoms with Crippen LogP contribution in [0.4, 0.5) is 0 Å². The van der Waals surface area contributed by atoms with Crippen molar-refractivity contribution in [1.29, 1.82) is 0 Å². The first kappa shape index (κ1) is 9.72. The SMILES string of the molecule is CN=CC1CCCCC(NC)C1. The summed E-state index contributed by atoms with van der Waals surface area (Å²) in [4.78, 5) is 4.12. The Morgan fingerprint density at radius 2 is 2.08 bits per heavy atom. The highest BCUT2D eigenvalue weighted by Gasteiger charge is 2.16. The van der Waals surface area contributed by atoms with Gasteiger partial charge in [0.1, 0.15) is 0 Å². The Kier molecular flexibility index (Phi) is 4.30. The largest absolute Gasteiger partial charge is 0.317 e. The topological polar surface area (TPSA) is 24.4 Å². The van der Waals surface area contributed by atoms with Crippen LogP contribution in [0.3, 0.4) is 0 Å². The molecule has 0 aromatic heterocycles. The molecule has 0 radical (unpaired) electrons. The molecule has 2 atom stereocenters. The van der Waals surface area contributed by atoms with E-state index in [4.69, 9.17) is 0 Å². The van der Waals surface area contributed by atoms with E-state index >= 15 is 0 Å². The third kappa shape index (κ3) is 2.94. The molecule has 0 spiro atoms. The summed E-state index contributed by atoms with van der Waals surface area (Å²) in [5.41, 5.74) is 0. The minimum absolute atomic E-state index is 0.718. The van der Waals surface area contributed by atoms with Crippen LogP contribution in [0.15, 0.2) is 4.99 Å². The Morgan fingerprint density at radius 3 is 2.75 bits per heavy atom. The van der Waals surface area contributed by atoms with Crippen LogP contribution in [0.2, 0.25) is 0 Å². The van der Waals surface area contributed by atoms with Gasteiger partial charge in [-0.05, 0) is 32.2 Å². The molecule has 0 saturated heterocycles. The zero-order valence-corrected chi connectivity index (χ0v) is 8.21. The minimum Gasteiger partial charge on any atom is -0.317 e. The van der Waals surface area contributed by atoms with E-state index in [-0.39, 0.29) is 0 Å². The zero-order chi connectivity index (χ0) is 8.81. The van der Waals surface area contributed by atoms with Crippen LogP contribution in [-0.2, 0) is 0 Å². The lowest BCUT2D eigenvalue weighted by Gasteiger charge is -2.15. The predicted octanol–water partition coefficient (Wildman–Crippen LogP) is 1.86. The maximum absolute atomic E-state index is 4.12. The fraction of sp³-hybridized carbons (Fsp3) is 0.900. The molecule has 0 heterocycles. The number of rotatable bonds is 2. The Hall–Kier alpha value is -0.370. The third-order valence-electron chi connectivity index (χ3n) is 2.73. The molecule has 0 bridgehead atoms. The van der Waals surface area contributed by atoms with Crippen molar-refractivity contribution < 1.29 is 0 Å². The molecule has 1 rings (SSSR count). The highest BCUT2D eigenvalue weighted by atomic mass is 14.9. The standard InChI is InChI=1S/C10H20N2/c1-11-8-9-5-3-4-6-10(7-9)12-2/h8-10,12H,3-7H2,1-2H3. The monoisotopic (exact) mass is 168 g/mol. The smallest absolute Gasteiger partial charge is 0.0273 e. The Bertz CT molecular complexity index is 143. The first-order valence-electron chi connectivity index (χ1n) is 4.96. The van der Waals surface area contributed by atoms with Crippen LogP contribution < -0.4 is 5.32 Å². The van der Waals surface area contributed by atoms with Gasteiger partial charge in [-0.2, -0.15) is 0 Å². The van der Waals surface area contributed by atoms with E-state index in [0.717, 1.165) is 12.0 Å². The van der Waals surface area contributed by atoms with Gasteiger partial charge in [0.2, 0.25) is 0 Å². The van der Waals surface area contributed by atoms with Crippen molar-refractivity contribution in [3.8, 4) is 0 Å².